The normalized spacial score (nSPS) is 24.1. The Bertz CT molecular complexity index is 4750. The van der Waals surface area contributed by atoms with E-state index in [0.29, 0.717) is 46.0 Å². The monoisotopic (exact) mass is 1780 g/mol. The number of aliphatic carboxylic acids is 1. The first-order chi connectivity index (χ1) is 60.4. The van der Waals surface area contributed by atoms with Gasteiger partial charge in [0.1, 0.15) is 90.1 Å². The van der Waals surface area contributed by atoms with Gasteiger partial charge in [-0.2, -0.15) is 0 Å². The number of carbonyl (C=O) groups excluding carboxylic acids is 16. The molecule has 0 radical (unpaired) electrons. The van der Waals surface area contributed by atoms with E-state index in [1.54, 1.807) is 88.5 Å². The van der Waals surface area contributed by atoms with E-state index in [1.165, 1.54) is 72.2 Å². The number of phenolic OH excluding ortho intramolecular Hbond substituents is 1. The van der Waals surface area contributed by atoms with Crippen LogP contribution in [-0.4, -0.2) is 278 Å². The summed E-state index contributed by atoms with van der Waals surface area (Å²) in [6.07, 6.45) is -0.195. The molecule has 3 saturated heterocycles. The number of thioether (sulfide) groups is 1. The third kappa shape index (κ3) is 28.2. The van der Waals surface area contributed by atoms with Crippen LogP contribution in [0.15, 0.2) is 109 Å². The van der Waals surface area contributed by atoms with Crippen LogP contribution in [-0.2, 0) is 107 Å². The summed E-state index contributed by atoms with van der Waals surface area (Å²) in [5.74, 6) is -19.5. The number of rotatable bonds is 24. The molecule has 3 aliphatic heterocycles. The number of H-pyrrole nitrogens is 1. The zero-order chi connectivity index (χ0) is 93.0. The number of aromatic nitrogens is 1. The first kappa shape index (κ1) is 99.9. The molecule has 4 heterocycles. The lowest BCUT2D eigenvalue weighted by Gasteiger charge is -2.38. The highest BCUT2D eigenvalue weighted by molar-refractivity contribution is 8.00. The number of carboxylic acid groups (broad SMARTS) is 1. The molecule has 127 heavy (non-hydrogen) atoms. The summed E-state index contributed by atoms with van der Waals surface area (Å²) in [6, 6.07) is 6.24. The molecule has 0 aliphatic carbocycles. The molecule has 688 valence electrons. The highest BCUT2D eigenvalue weighted by Crippen LogP contribution is 2.28. The molecule has 1 aromatic heterocycles. The van der Waals surface area contributed by atoms with Crippen LogP contribution in [0.25, 0.3) is 10.9 Å². The van der Waals surface area contributed by atoms with Crippen LogP contribution in [0, 0.1) is 17.7 Å². The smallest absolute Gasteiger partial charge is 0.305 e. The quantitative estimate of drug-likeness (QED) is 0.0385. The maximum Gasteiger partial charge on any atom is 0.305 e. The summed E-state index contributed by atoms with van der Waals surface area (Å²) < 4.78 is 14.6. The van der Waals surface area contributed by atoms with Crippen LogP contribution in [0.4, 0.5) is 4.39 Å². The van der Waals surface area contributed by atoms with Gasteiger partial charge in [0.05, 0.1) is 18.7 Å². The molecule has 5 aromatic rings. The number of hydrogen-bond acceptors (Lipinski definition) is 20. The fraction of sp³-hybridized carbons (Fsp3) is 0.511. The Morgan fingerprint density at radius 3 is 1.67 bits per heavy atom. The highest BCUT2D eigenvalue weighted by atomic mass is 32.2. The van der Waals surface area contributed by atoms with E-state index < -0.39 is 234 Å². The van der Waals surface area contributed by atoms with Gasteiger partial charge in [-0.15, -0.1) is 11.8 Å². The topological polar surface area (TPSA) is 549 Å². The summed E-state index contributed by atoms with van der Waals surface area (Å²) in [5.41, 5.74) is 19.5. The molecular weight excluding hydrogens is 1660 g/mol. The molecule has 39 heteroatoms. The van der Waals surface area contributed by atoms with Crippen LogP contribution < -0.4 is 65.1 Å². The van der Waals surface area contributed by atoms with Crippen LogP contribution in [0.1, 0.15) is 134 Å². The van der Waals surface area contributed by atoms with Crippen molar-refractivity contribution in [2.75, 3.05) is 58.8 Å². The van der Waals surface area contributed by atoms with Gasteiger partial charge in [-0.1, -0.05) is 120 Å². The number of nitrogens with one attached hydrogen (secondary N) is 10. The number of carbonyl (C=O) groups is 17. The maximum absolute atomic E-state index is 15.6. The highest BCUT2D eigenvalue weighted by Gasteiger charge is 2.46. The molecule has 4 aromatic carbocycles. The van der Waals surface area contributed by atoms with Crippen LogP contribution in [0.3, 0.4) is 0 Å². The number of para-hydroxylation sites is 1. The number of nitrogens with two attached hydrogens (primary N) is 3. The molecule has 3 aliphatic rings. The van der Waals surface area contributed by atoms with Crippen molar-refractivity contribution >= 4 is 123 Å². The third-order valence-corrected chi connectivity index (χ3v) is 23.9. The number of primary amides is 2. The molecule has 0 unspecified atom stereocenters. The van der Waals surface area contributed by atoms with E-state index >= 15 is 43.2 Å². The van der Waals surface area contributed by atoms with Crippen LogP contribution in [0.5, 0.6) is 5.75 Å². The molecule has 37 nitrogen and oxygen atoms in total. The summed E-state index contributed by atoms with van der Waals surface area (Å²) >= 11 is 0.771. The van der Waals surface area contributed by atoms with Gasteiger partial charge in [-0.25, -0.2) is 4.39 Å². The SMILES string of the molecule is CCCC[C@H]1C(=O)N2CCC[C@@H]2C(=O)N[C@@H](CC(=O)O)C(=O)N[C@@H](C(C)C)C(=O)N(C)[C@@H](C(C)C)C(=O)N[C@@H](CCC(N)=O)C(=O)N2CCC[C@@H]2C(=O)N[C@@H](Cc2c[nH]c3ccccc23)C(=O)N[C@@H](Cc2ccc(O)cc2)C(=O)N[C@@H](CCCN)C(=O)N[C@H](C(=O)NCC(N)=O)CSCC(=O)N[C@@H](Cc2ccc(F)cc2)C(=O)N(C)[C@@H](Cc2ccccc2)C(=O)N1C. The minimum absolute atomic E-state index is 0.00311. The second-order valence-electron chi connectivity index (χ2n) is 33.0. The average molecular weight is 1780 g/mol. The van der Waals surface area contributed by atoms with Crippen molar-refractivity contribution in [2.45, 2.75) is 216 Å². The Balaban J connectivity index is 1.21. The van der Waals surface area contributed by atoms with Gasteiger partial charge in [-0.3, -0.25) is 81.5 Å². The Kier molecular flexibility index (Phi) is 37.5. The summed E-state index contributed by atoms with van der Waals surface area (Å²) in [5, 5.41) is 45.0. The molecule has 16 amide bonds. The number of halogens is 1. The minimum atomic E-state index is -1.90. The van der Waals surface area contributed by atoms with Gasteiger partial charge < -0.3 is 105 Å². The number of amides is 16. The summed E-state index contributed by atoms with van der Waals surface area (Å²) in [7, 11) is 3.95. The predicted octanol–water partition coefficient (Wildman–Crippen LogP) is -0.0458. The Morgan fingerprint density at radius 2 is 1.07 bits per heavy atom. The molecular formula is C88H119FN18O19S. The second kappa shape index (κ2) is 47.7. The van der Waals surface area contributed by atoms with E-state index in [1.807, 2.05) is 6.92 Å². The van der Waals surface area contributed by atoms with E-state index in [9.17, 15) is 53.0 Å². The van der Waals surface area contributed by atoms with Crippen molar-refractivity contribution in [3.8, 4) is 5.75 Å². The number of likely N-dealkylation sites (N-methyl/N-ethyl adjacent to an activating group) is 3. The summed E-state index contributed by atoms with van der Waals surface area (Å²) in [6.45, 7) is 7.22. The number of aromatic amines is 1. The molecule has 8 rings (SSSR count). The molecule has 0 bridgehead atoms. The Hall–Kier alpha value is -12.6. The van der Waals surface area contributed by atoms with E-state index in [4.69, 9.17) is 17.2 Å². The van der Waals surface area contributed by atoms with Gasteiger partial charge in [0, 0.05) is 89.2 Å². The Labute approximate surface area is 739 Å². The molecule has 13 atom stereocenters. The number of phenols is 1. The van der Waals surface area contributed by atoms with E-state index in [-0.39, 0.29) is 96.0 Å². The number of aromatic hydroxyl groups is 1. The zero-order valence-corrected chi connectivity index (χ0v) is 73.5. The maximum atomic E-state index is 15.6. The van der Waals surface area contributed by atoms with Crippen molar-refractivity contribution in [3.63, 3.8) is 0 Å². The third-order valence-electron chi connectivity index (χ3n) is 22.8. The largest absolute Gasteiger partial charge is 0.508 e. The van der Waals surface area contributed by atoms with E-state index in [2.05, 4.69) is 52.8 Å². The van der Waals surface area contributed by atoms with Crippen molar-refractivity contribution in [3.05, 3.63) is 137 Å². The first-order valence-corrected chi connectivity index (χ1v) is 43.8. The fourth-order valence-corrected chi connectivity index (χ4v) is 16.8. The molecule has 0 spiro atoms. The number of benzene rings is 4. The van der Waals surface area contributed by atoms with E-state index in [0.717, 1.165) is 33.7 Å². The summed E-state index contributed by atoms with van der Waals surface area (Å²) in [4.78, 5) is 257. The minimum Gasteiger partial charge on any atom is -0.508 e. The van der Waals surface area contributed by atoms with Crippen molar-refractivity contribution in [1.29, 1.82) is 0 Å². The second-order valence-corrected chi connectivity index (χ2v) is 34.0. The standard InChI is InChI=1S/C88H119FN18O19S/c1-9-10-24-68-87(125)107-39-18-26-67(107)82(120)100-63(44-73(112)113)80(118)102-74(49(2)3)88(126)105(8)75(50(4)5)83(121)97-60(35-36-70(91)109)85(123)106-38-17-25-66(106)81(119)99-62(43-54-45-93-58-22-15-14-21-57(54)58)79(117)98-61(40-53-29-33-56(108)34-30-53)78(116)96-59(23-16-37-90)77(115)101-65(76(114)94-46-71(92)110)47-127-48-72(111)95-64(41-52-27-31-55(89)32-28-52)84(122)104(7)69(86(124)103(68)6)42-51-19-12-11-13-20-51/h11-15,19-22,27-34,45,49-50,59-69,74-75,93,108H,9-10,16-18,23-26,35-44,46-48,90H2,1-8H3,(H2,91,109)(H2,92,110)(H,94,114)(H,95,111)(H,96,116)(H,97,121)(H,98,117)(H,99,119)(H,100,120)(H,101,115)(H,102,118)(H,112,113)/t59-,60-,61-,62-,63-,64-,65-,66+,67+,68-,69-,74-,75-/m0/s1. The first-order valence-electron chi connectivity index (χ1n) is 42.7. The zero-order valence-electron chi connectivity index (χ0n) is 72.7. The number of fused-ring (bicyclic) bond motifs is 3. The number of unbranched alkanes of at least 4 members (excludes halogenated alkanes) is 1. The van der Waals surface area contributed by atoms with Gasteiger partial charge in [0.2, 0.25) is 94.5 Å². The number of nitrogens with zero attached hydrogens (tertiary/aromatic N) is 5. The van der Waals surface area contributed by atoms with Crippen LogP contribution in [0.2, 0.25) is 0 Å². The van der Waals surface area contributed by atoms with Crippen molar-refractivity contribution in [2.24, 2.45) is 29.0 Å². The lowest BCUT2D eigenvalue weighted by atomic mass is 9.97. The lowest BCUT2D eigenvalue weighted by Crippen LogP contribution is -2.62. The van der Waals surface area contributed by atoms with Gasteiger partial charge >= 0.3 is 5.97 Å². The number of carboxylic acids is 1. The van der Waals surface area contributed by atoms with Gasteiger partial charge in [0.25, 0.3) is 0 Å². The Morgan fingerprint density at radius 1 is 0.528 bits per heavy atom. The average Bonchev–Trinajstić information content (AvgIpc) is 1.70. The molecule has 18 N–H and O–H groups in total. The van der Waals surface area contributed by atoms with Crippen molar-refractivity contribution in [1.82, 2.24) is 77.3 Å². The molecule has 3 fully saturated rings. The van der Waals surface area contributed by atoms with Crippen LogP contribution >= 0.6 is 11.8 Å². The number of hydrogen-bond donors (Lipinski definition) is 15. The van der Waals surface area contributed by atoms with Crippen molar-refractivity contribution < 1.29 is 96.1 Å². The van der Waals surface area contributed by atoms with Gasteiger partial charge in [0.15, 0.2) is 0 Å². The lowest BCUT2D eigenvalue weighted by molar-refractivity contribution is -0.152. The molecule has 0 saturated carbocycles. The predicted molar refractivity (Wildman–Crippen MR) is 466 cm³/mol. The fourth-order valence-electron chi connectivity index (χ4n) is 15.9. The van der Waals surface area contributed by atoms with Gasteiger partial charge in [-0.05, 0) is 122 Å².